The molecule has 3 atom stereocenters. The smallest absolute Gasteiger partial charge is 0.322 e. The zero-order chi connectivity index (χ0) is 12.8. The molecule has 0 saturated carbocycles. The number of hydrogen-bond acceptors (Lipinski definition) is 4. The van der Waals surface area contributed by atoms with E-state index >= 15 is 0 Å². The van der Waals surface area contributed by atoms with Crippen LogP contribution in [0.25, 0.3) is 0 Å². The third kappa shape index (κ3) is 4.26. The Morgan fingerprint density at radius 3 is 2.82 bits per heavy atom. The number of hydrogen-bond donors (Lipinski definition) is 2. The van der Waals surface area contributed by atoms with Crippen molar-refractivity contribution in [2.75, 3.05) is 26.7 Å². The zero-order valence-corrected chi connectivity index (χ0v) is 11.0. The number of ether oxygens (including phenoxy) is 1. The van der Waals surface area contributed by atoms with Crippen LogP contribution in [0.2, 0.25) is 0 Å². The van der Waals surface area contributed by atoms with E-state index < -0.39 is 12.0 Å². The highest BCUT2D eigenvalue weighted by molar-refractivity contribution is 5.73. The fourth-order valence-corrected chi connectivity index (χ4v) is 2.27. The molecular formula is C12H24N2O3. The number of nitrogens with one attached hydrogen (secondary N) is 1. The number of carboxylic acids is 1. The van der Waals surface area contributed by atoms with E-state index in [4.69, 9.17) is 9.84 Å². The number of likely N-dealkylation sites (N-methyl/N-ethyl adjacent to an activating group) is 1. The number of rotatable bonds is 7. The van der Waals surface area contributed by atoms with Gasteiger partial charge in [-0.2, -0.15) is 0 Å². The van der Waals surface area contributed by atoms with Gasteiger partial charge in [-0.3, -0.25) is 9.69 Å². The maximum Gasteiger partial charge on any atom is 0.322 e. The minimum atomic E-state index is -0.781. The highest BCUT2D eigenvalue weighted by Gasteiger charge is 2.30. The molecule has 1 rings (SSSR count). The van der Waals surface area contributed by atoms with E-state index in [1.165, 1.54) is 0 Å². The summed E-state index contributed by atoms with van der Waals surface area (Å²) in [5, 5.41) is 12.2. The van der Waals surface area contributed by atoms with E-state index in [1.54, 1.807) is 0 Å². The molecule has 1 aliphatic heterocycles. The van der Waals surface area contributed by atoms with Gasteiger partial charge in [0.05, 0.1) is 6.10 Å². The third-order valence-corrected chi connectivity index (χ3v) is 3.31. The van der Waals surface area contributed by atoms with Crippen molar-refractivity contribution in [3.05, 3.63) is 0 Å². The second-order valence-electron chi connectivity index (χ2n) is 4.72. The molecule has 0 radical (unpaired) electrons. The fourth-order valence-electron chi connectivity index (χ4n) is 2.27. The van der Waals surface area contributed by atoms with Gasteiger partial charge in [0.2, 0.25) is 0 Å². The Labute approximate surface area is 103 Å². The highest BCUT2D eigenvalue weighted by atomic mass is 16.5. The minimum Gasteiger partial charge on any atom is -0.480 e. The van der Waals surface area contributed by atoms with Crippen molar-refractivity contribution in [1.82, 2.24) is 10.2 Å². The summed E-state index contributed by atoms with van der Waals surface area (Å²) in [6, 6.07) is -0.159. The van der Waals surface area contributed by atoms with E-state index in [2.05, 4.69) is 10.2 Å². The molecule has 0 aromatic heterocycles. The van der Waals surface area contributed by atoms with Crippen molar-refractivity contribution in [2.45, 2.75) is 44.9 Å². The summed E-state index contributed by atoms with van der Waals surface area (Å²) in [5.41, 5.74) is 0. The van der Waals surface area contributed by atoms with Crippen LogP contribution in [0.15, 0.2) is 0 Å². The summed E-state index contributed by atoms with van der Waals surface area (Å²) in [5.74, 6) is -0.781. The Morgan fingerprint density at radius 2 is 2.35 bits per heavy atom. The van der Waals surface area contributed by atoms with Gasteiger partial charge in [0.25, 0.3) is 0 Å². The number of carboxylic acid groups (broad SMARTS) is 1. The molecule has 100 valence electrons. The van der Waals surface area contributed by atoms with Gasteiger partial charge in [-0.25, -0.2) is 0 Å². The molecule has 5 nitrogen and oxygen atoms in total. The van der Waals surface area contributed by atoms with Gasteiger partial charge in [0.1, 0.15) is 6.04 Å². The monoisotopic (exact) mass is 244 g/mol. The number of carbonyl (C=O) groups is 1. The van der Waals surface area contributed by atoms with Gasteiger partial charge in [-0.15, -0.1) is 0 Å². The summed E-state index contributed by atoms with van der Waals surface area (Å²) in [6.45, 7) is 6.11. The van der Waals surface area contributed by atoms with Crippen LogP contribution in [-0.2, 0) is 9.53 Å². The molecule has 0 aromatic rings. The van der Waals surface area contributed by atoms with E-state index in [-0.39, 0.29) is 6.10 Å². The first-order chi connectivity index (χ1) is 8.06. The predicted molar refractivity (Wildman–Crippen MR) is 66.2 cm³/mol. The standard InChI is InChI=1S/C12H24N2O3/c1-4-6-13-10(12(15)16)8-14(3)11-5-7-17-9(11)2/h9-11,13H,4-8H2,1-3H3,(H,15,16). The minimum absolute atomic E-state index is 0.195. The Balaban J connectivity index is 2.45. The lowest BCUT2D eigenvalue weighted by molar-refractivity contribution is -0.140. The molecule has 5 heteroatoms. The highest BCUT2D eigenvalue weighted by Crippen LogP contribution is 2.18. The Bertz CT molecular complexity index is 248. The first kappa shape index (κ1) is 14.4. The van der Waals surface area contributed by atoms with Gasteiger partial charge in [0, 0.05) is 19.2 Å². The van der Waals surface area contributed by atoms with Gasteiger partial charge >= 0.3 is 5.97 Å². The van der Waals surface area contributed by atoms with E-state index in [9.17, 15) is 4.79 Å². The van der Waals surface area contributed by atoms with Crippen LogP contribution in [0, 0.1) is 0 Å². The molecule has 1 aliphatic rings. The molecule has 0 spiro atoms. The largest absolute Gasteiger partial charge is 0.480 e. The maximum absolute atomic E-state index is 11.1. The molecule has 0 bridgehead atoms. The lowest BCUT2D eigenvalue weighted by Gasteiger charge is -2.29. The van der Waals surface area contributed by atoms with E-state index in [0.717, 1.165) is 26.0 Å². The molecule has 1 heterocycles. The van der Waals surface area contributed by atoms with Gasteiger partial charge in [0.15, 0.2) is 0 Å². The second-order valence-corrected chi connectivity index (χ2v) is 4.72. The van der Waals surface area contributed by atoms with Gasteiger partial charge in [-0.05, 0) is 33.4 Å². The lowest BCUT2D eigenvalue weighted by Crippen LogP contribution is -2.49. The van der Waals surface area contributed by atoms with Crippen molar-refractivity contribution in [1.29, 1.82) is 0 Å². The van der Waals surface area contributed by atoms with Gasteiger partial charge < -0.3 is 15.2 Å². The molecule has 0 amide bonds. The molecule has 0 aliphatic carbocycles. The van der Waals surface area contributed by atoms with Crippen LogP contribution < -0.4 is 5.32 Å². The number of nitrogens with zero attached hydrogens (tertiary/aromatic N) is 1. The molecule has 0 aromatic carbocycles. The fraction of sp³-hybridized carbons (Fsp3) is 0.917. The summed E-state index contributed by atoms with van der Waals surface area (Å²) in [6.07, 6.45) is 2.12. The van der Waals surface area contributed by atoms with Crippen molar-refractivity contribution in [3.8, 4) is 0 Å². The van der Waals surface area contributed by atoms with Crippen LogP contribution >= 0.6 is 0 Å². The Kier molecular flexibility index (Phi) is 5.88. The topological polar surface area (TPSA) is 61.8 Å². The second kappa shape index (κ2) is 6.93. The first-order valence-electron chi connectivity index (χ1n) is 6.34. The number of aliphatic carboxylic acids is 1. The average Bonchev–Trinajstić information content (AvgIpc) is 2.70. The van der Waals surface area contributed by atoms with E-state index in [1.807, 2.05) is 20.9 Å². The van der Waals surface area contributed by atoms with Crippen LogP contribution in [0.4, 0.5) is 0 Å². The molecular weight excluding hydrogens is 220 g/mol. The van der Waals surface area contributed by atoms with Crippen molar-refractivity contribution >= 4 is 5.97 Å². The molecule has 1 fully saturated rings. The van der Waals surface area contributed by atoms with Crippen LogP contribution in [0.5, 0.6) is 0 Å². The summed E-state index contributed by atoms with van der Waals surface area (Å²) >= 11 is 0. The average molecular weight is 244 g/mol. The molecule has 1 saturated heterocycles. The Morgan fingerprint density at radius 1 is 1.65 bits per heavy atom. The summed E-state index contributed by atoms with van der Waals surface area (Å²) in [4.78, 5) is 13.2. The molecule has 3 unspecified atom stereocenters. The summed E-state index contributed by atoms with van der Waals surface area (Å²) < 4.78 is 5.50. The Hall–Kier alpha value is -0.650. The zero-order valence-electron chi connectivity index (χ0n) is 11.0. The van der Waals surface area contributed by atoms with E-state index in [0.29, 0.717) is 12.6 Å². The van der Waals surface area contributed by atoms with Crippen molar-refractivity contribution < 1.29 is 14.6 Å². The van der Waals surface area contributed by atoms with Crippen molar-refractivity contribution in [3.63, 3.8) is 0 Å². The van der Waals surface area contributed by atoms with Crippen molar-refractivity contribution in [2.24, 2.45) is 0 Å². The lowest BCUT2D eigenvalue weighted by atomic mass is 10.1. The maximum atomic E-state index is 11.1. The van der Waals surface area contributed by atoms with Crippen LogP contribution in [0.3, 0.4) is 0 Å². The predicted octanol–water partition coefficient (Wildman–Crippen LogP) is 0.548. The first-order valence-corrected chi connectivity index (χ1v) is 6.34. The quantitative estimate of drug-likeness (QED) is 0.685. The van der Waals surface area contributed by atoms with Crippen LogP contribution in [-0.4, -0.2) is 60.9 Å². The normalized spacial score (nSPS) is 26.4. The molecule has 17 heavy (non-hydrogen) atoms. The van der Waals surface area contributed by atoms with Crippen LogP contribution in [0.1, 0.15) is 26.7 Å². The van der Waals surface area contributed by atoms with Gasteiger partial charge in [-0.1, -0.05) is 6.92 Å². The summed E-state index contributed by atoms with van der Waals surface area (Å²) in [7, 11) is 1.97. The third-order valence-electron chi connectivity index (χ3n) is 3.31. The molecule has 2 N–H and O–H groups in total. The SMILES string of the molecule is CCCNC(CN(C)C1CCOC1C)C(=O)O.